The summed E-state index contributed by atoms with van der Waals surface area (Å²) in [6.07, 6.45) is 0.551. The first kappa shape index (κ1) is 30.5. The number of unbranched alkanes of at least 4 members (excludes halogenated alkanes) is 1. The van der Waals surface area contributed by atoms with Gasteiger partial charge in [-0.3, -0.25) is 14.4 Å². The molecular weight excluding hydrogens is 512 g/mol. The highest BCUT2D eigenvalue weighted by Gasteiger charge is 2.25. The lowest BCUT2D eigenvalue weighted by molar-refractivity contribution is -0.140. The zero-order valence-electron chi connectivity index (χ0n) is 21.1. The van der Waals surface area contributed by atoms with Gasteiger partial charge in [-0.15, -0.1) is 0 Å². The number of benzene rings is 2. The molecule has 39 heavy (non-hydrogen) atoms. The Morgan fingerprint density at radius 2 is 1.44 bits per heavy atom. The van der Waals surface area contributed by atoms with E-state index in [0.29, 0.717) is 19.3 Å². The Kier molecular flexibility index (Phi) is 12.2. The van der Waals surface area contributed by atoms with E-state index in [9.17, 15) is 33.9 Å². The Morgan fingerprint density at radius 3 is 2.05 bits per heavy atom. The molecule has 0 radical (unpaired) electrons. The standard InChI is InChI=1S/C26H32N4O9/c31-15-28-21(14-16-8-9-17-5-1-2-6-18(17)13-16)23(34)27-12-4-3-7-19(24(35)36)29-26(39)30-20(25(37)38)10-11-22(32)33/h1-2,5-6,8-9,13,15,19-21H,3-4,7,10-12,14H2,(H,27,34)(H,28,31)(H,32,33)(H,35,36)(H,37,38)(H2,29,30,39). The minimum Gasteiger partial charge on any atom is -0.481 e. The van der Waals surface area contributed by atoms with Gasteiger partial charge in [0.15, 0.2) is 0 Å². The molecule has 0 aliphatic heterocycles. The molecule has 3 atom stereocenters. The minimum absolute atomic E-state index is 0.00140. The van der Waals surface area contributed by atoms with Crippen molar-refractivity contribution < 1.29 is 44.1 Å². The van der Waals surface area contributed by atoms with Crippen LogP contribution in [-0.2, 0) is 30.4 Å². The number of rotatable bonds is 17. The first-order valence-electron chi connectivity index (χ1n) is 12.3. The average molecular weight is 545 g/mol. The monoisotopic (exact) mass is 544 g/mol. The second-order valence-corrected chi connectivity index (χ2v) is 8.84. The summed E-state index contributed by atoms with van der Waals surface area (Å²) in [6, 6.07) is 8.85. The normalized spacial score (nSPS) is 12.9. The lowest BCUT2D eigenvalue weighted by Gasteiger charge is -2.19. The van der Waals surface area contributed by atoms with Crippen LogP contribution >= 0.6 is 0 Å². The van der Waals surface area contributed by atoms with E-state index in [-0.39, 0.29) is 25.8 Å². The predicted octanol–water partition coefficient (Wildman–Crippen LogP) is 0.854. The van der Waals surface area contributed by atoms with E-state index in [1.54, 1.807) is 0 Å². The molecule has 210 valence electrons. The second-order valence-electron chi connectivity index (χ2n) is 8.84. The molecule has 7 N–H and O–H groups in total. The number of aliphatic carboxylic acids is 3. The molecule has 0 saturated heterocycles. The Bertz CT molecular complexity index is 1190. The van der Waals surface area contributed by atoms with Crippen molar-refractivity contribution in [2.45, 2.75) is 56.7 Å². The van der Waals surface area contributed by atoms with Crippen molar-refractivity contribution in [2.75, 3.05) is 6.54 Å². The van der Waals surface area contributed by atoms with Crippen molar-refractivity contribution >= 4 is 47.0 Å². The zero-order valence-corrected chi connectivity index (χ0v) is 21.1. The van der Waals surface area contributed by atoms with Crippen molar-refractivity contribution in [3.05, 3.63) is 48.0 Å². The molecule has 2 aromatic carbocycles. The van der Waals surface area contributed by atoms with Crippen molar-refractivity contribution in [2.24, 2.45) is 0 Å². The first-order chi connectivity index (χ1) is 18.6. The van der Waals surface area contributed by atoms with Crippen molar-refractivity contribution in [3.8, 4) is 0 Å². The van der Waals surface area contributed by atoms with Crippen LogP contribution < -0.4 is 21.3 Å². The number of urea groups is 1. The van der Waals surface area contributed by atoms with E-state index in [0.717, 1.165) is 16.3 Å². The van der Waals surface area contributed by atoms with E-state index in [4.69, 9.17) is 10.2 Å². The number of hydrogen-bond donors (Lipinski definition) is 7. The third-order valence-corrected chi connectivity index (χ3v) is 5.91. The van der Waals surface area contributed by atoms with Crippen LogP contribution in [0.3, 0.4) is 0 Å². The van der Waals surface area contributed by atoms with Crippen LogP contribution in [0.15, 0.2) is 42.5 Å². The molecule has 0 aromatic heterocycles. The Hall–Kier alpha value is -4.68. The summed E-state index contributed by atoms with van der Waals surface area (Å²) in [5, 5.41) is 38.7. The summed E-state index contributed by atoms with van der Waals surface area (Å²) in [5.74, 6) is -4.42. The second kappa shape index (κ2) is 15.5. The zero-order chi connectivity index (χ0) is 28.8. The molecule has 2 aromatic rings. The van der Waals surface area contributed by atoms with E-state index >= 15 is 0 Å². The van der Waals surface area contributed by atoms with Gasteiger partial charge in [0, 0.05) is 19.4 Å². The summed E-state index contributed by atoms with van der Waals surface area (Å²) in [6.45, 7) is 0.197. The van der Waals surface area contributed by atoms with Crippen LogP contribution in [0.4, 0.5) is 4.79 Å². The fourth-order valence-electron chi connectivity index (χ4n) is 3.86. The van der Waals surface area contributed by atoms with Crippen molar-refractivity contribution in [3.63, 3.8) is 0 Å². The third kappa shape index (κ3) is 10.7. The molecular formula is C26H32N4O9. The van der Waals surface area contributed by atoms with Gasteiger partial charge in [0.1, 0.15) is 18.1 Å². The smallest absolute Gasteiger partial charge is 0.326 e. The highest BCUT2D eigenvalue weighted by Crippen LogP contribution is 2.16. The van der Waals surface area contributed by atoms with E-state index in [1.807, 2.05) is 42.5 Å². The van der Waals surface area contributed by atoms with Gasteiger partial charge in [-0.1, -0.05) is 42.5 Å². The number of nitrogens with one attached hydrogen (secondary N) is 4. The summed E-state index contributed by atoms with van der Waals surface area (Å²) >= 11 is 0. The lowest BCUT2D eigenvalue weighted by Crippen LogP contribution is -2.51. The van der Waals surface area contributed by atoms with Gasteiger partial charge in [-0.2, -0.15) is 0 Å². The number of carbonyl (C=O) groups is 6. The maximum Gasteiger partial charge on any atom is 0.326 e. The van der Waals surface area contributed by atoms with Gasteiger partial charge >= 0.3 is 23.9 Å². The molecule has 2 rings (SSSR count). The van der Waals surface area contributed by atoms with Crippen molar-refractivity contribution in [1.82, 2.24) is 21.3 Å². The summed E-state index contributed by atoms with van der Waals surface area (Å²) in [7, 11) is 0. The number of fused-ring (bicyclic) bond motifs is 1. The molecule has 4 amide bonds. The Balaban J connectivity index is 1.80. The molecule has 0 saturated carbocycles. The summed E-state index contributed by atoms with van der Waals surface area (Å²) in [4.78, 5) is 69.1. The summed E-state index contributed by atoms with van der Waals surface area (Å²) < 4.78 is 0. The van der Waals surface area contributed by atoms with Gasteiger partial charge in [0.05, 0.1) is 0 Å². The fraction of sp³-hybridized carbons (Fsp3) is 0.385. The number of carbonyl (C=O) groups excluding carboxylic acids is 3. The third-order valence-electron chi connectivity index (χ3n) is 5.91. The number of carboxylic acids is 3. The van der Waals surface area contributed by atoms with Crippen LogP contribution in [0.1, 0.15) is 37.7 Å². The molecule has 0 bridgehead atoms. The molecule has 0 fully saturated rings. The fourth-order valence-corrected chi connectivity index (χ4v) is 3.86. The molecule has 0 heterocycles. The molecule has 0 aliphatic rings. The van der Waals surface area contributed by atoms with Gasteiger partial charge in [0.25, 0.3) is 0 Å². The minimum atomic E-state index is -1.49. The number of carboxylic acid groups (broad SMARTS) is 3. The quantitative estimate of drug-likeness (QED) is 0.111. The van der Waals surface area contributed by atoms with E-state index in [1.165, 1.54) is 0 Å². The maximum absolute atomic E-state index is 12.6. The van der Waals surface area contributed by atoms with Crippen LogP contribution in [0.5, 0.6) is 0 Å². The van der Waals surface area contributed by atoms with Crippen molar-refractivity contribution in [1.29, 1.82) is 0 Å². The average Bonchev–Trinajstić information content (AvgIpc) is 2.89. The van der Waals surface area contributed by atoms with Gasteiger partial charge in [-0.05, 0) is 42.0 Å². The predicted molar refractivity (Wildman–Crippen MR) is 139 cm³/mol. The van der Waals surface area contributed by atoms with Crippen LogP contribution in [0, 0.1) is 0 Å². The lowest BCUT2D eigenvalue weighted by atomic mass is 10.0. The first-order valence-corrected chi connectivity index (χ1v) is 12.3. The molecule has 0 spiro atoms. The Morgan fingerprint density at radius 1 is 0.795 bits per heavy atom. The van der Waals surface area contributed by atoms with Crippen LogP contribution in [0.2, 0.25) is 0 Å². The van der Waals surface area contributed by atoms with Gasteiger partial charge in [0.2, 0.25) is 12.3 Å². The SMILES string of the molecule is O=CNC(Cc1ccc2ccccc2c1)C(=O)NCCCCC(NC(=O)NC(CCC(=O)O)C(=O)O)C(=O)O. The molecule has 3 unspecified atom stereocenters. The Labute approximate surface area is 224 Å². The topological polar surface area (TPSA) is 211 Å². The molecule has 0 aliphatic carbocycles. The maximum atomic E-state index is 12.6. The number of hydrogen-bond acceptors (Lipinski definition) is 6. The highest BCUT2D eigenvalue weighted by molar-refractivity contribution is 5.87. The number of amides is 4. The van der Waals surface area contributed by atoms with Crippen LogP contribution in [-0.4, -0.2) is 76.2 Å². The van der Waals surface area contributed by atoms with Gasteiger partial charge < -0.3 is 36.6 Å². The summed E-state index contributed by atoms with van der Waals surface area (Å²) in [5.41, 5.74) is 0.866. The van der Waals surface area contributed by atoms with Crippen LogP contribution in [0.25, 0.3) is 10.8 Å². The largest absolute Gasteiger partial charge is 0.481 e. The molecule has 13 nitrogen and oxygen atoms in total. The highest BCUT2D eigenvalue weighted by atomic mass is 16.4. The van der Waals surface area contributed by atoms with E-state index in [2.05, 4.69) is 21.3 Å². The molecule has 13 heteroatoms. The van der Waals surface area contributed by atoms with E-state index < -0.39 is 54.4 Å². The van der Waals surface area contributed by atoms with Gasteiger partial charge in [-0.25, -0.2) is 14.4 Å².